The van der Waals surface area contributed by atoms with Crippen LogP contribution in [0.2, 0.25) is 0 Å². The van der Waals surface area contributed by atoms with Gasteiger partial charge in [0.2, 0.25) is 0 Å². The SMILES string of the molecule is Cc1ccc(S(=O)(=O)Nc2ccc(Nc3ccccc3)nc2)s1. The highest BCUT2D eigenvalue weighted by atomic mass is 32.2. The number of sulfonamides is 1. The smallest absolute Gasteiger partial charge is 0.271 e. The van der Waals surface area contributed by atoms with Gasteiger partial charge in [0.25, 0.3) is 10.0 Å². The van der Waals surface area contributed by atoms with Crippen molar-refractivity contribution in [1.29, 1.82) is 0 Å². The maximum Gasteiger partial charge on any atom is 0.271 e. The lowest BCUT2D eigenvalue weighted by atomic mass is 10.3. The van der Waals surface area contributed by atoms with Crippen LogP contribution in [0.5, 0.6) is 0 Å². The van der Waals surface area contributed by atoms with Crippen LogP contribution in [0.15, 0.2) is 65.0 Å². The van der Waals surface area contributed by atoms with E-state index in [0.29, 0.717) is 15.7 Å². The first-order chi connectivity index (χ1) is 11.0. The zero-order chi connectivity index (χ0) is 16.3. The van der Waals surface area contributed by atoms with E-state index in [4.69, 9.17) is 0 Å². The highest BCUT2D eigenvalue weighted by Gasteiger charge is 2.16. The molecule has 2 heterocycles. The molecule has 0 fully saturated rings. The van der Waals surface area contributed by atoms with Crippen LogP contribution in [0.1, 0.15) is 4.88 Å². The normalized spacial score (nSPS) is 11.2. The Morgan fingerprint density at radius 2 is 1.74 bits per heavy atom. The largest absolute Gasteiger partial charge is 0.340 e. The van der Waals surface area contributed by atoms with Gasteiger partial charge in [-0.1, -0.05) is 18.2 Å². The summed E-state index contributed by atoms with van der Waals surface area (Å²) in [4.78, 5) is 5.17. The van der Waals surface area contributed by atoms with E-state index in [1.807, 2.05) is 37.3 Å². The lowest BCUT2D eigenvalue weighted by Crippen LogP contribution is -2.11. The second kappa shape index (κ2) is 6.39. The molecule has 0 aliphatic carbocycles. The monoisotopic (exact) mass is 345 g/mol. The first-order valence-electron chi connectivity index (χ1n) is 6.90. The lowest BCUT2D eigenvalue weighted by Gasteiger charge is -2.08. The van der Waals surface area contributed by atoms with Crippen LogP contribution >= 0.6 is 11.3 Å². The van der Waals surface area contributed by atoms with Crippen molar-refractivity contribution in [3.8, 4) is 0 Å². The van der Waals surface area contributed by atoms with Crippen molar-refractivity contribution in [3.63, 3.8) is 0 Å². The number of hydrogen-bond acceptors (Lipinski definition) is 5. The van der Waals surface area contributed by atoms with Crippen molar-refractivity contribution in [2.24, 2.45) is 0 Å². The Morgan fingerprint density at radius 1 is 0.957 bits per heavy atom. The van der Waals surface area contributed by atoms with E-state index in [1.54, 1.807) is 24.3 Å². The third kappa shape index (κ3) is 3.88. The zero-order valence-electron chi connectivity index (χ0n) is 12.4. The van der Waals surface area contributed by atoms with Gasteiger partial charge in [0.05, 0.1) is 11.9 Å². The number of hydrogen-bond donors (Lipinski definition) is 2. The number of para-hydroxylation sites is 1. The minimum absolute atomic E-state index is 0.293. The van der Waals surface area contributed by atoms with Crippen molar-refractivity contribution in [3.05, 3.63) is 65.7 Å². The zero-order valence-corrected chi connectivity index (χ0v) is 14.0. The Morgan fingerprint density at radius 3 is 2.35 bits per heavy atom. The quantitative estimate of drug-likeness (QED) is 0.733. The van der Waals surface area contributed by atoms with E-state index in [1.165, 1.54) is 17.5 Å². The summed E-state index contributed by atoms with van der Waals surface area (Å²) in [5.74, 6) is 0.645. The number of aryl methyl sites for hydroxylation is 1. The van der Waals surface area contributed by atoms with Crippen molar-refractivity contribution >= 4 is 38.6 Å². The Hall–Kier alpha value is -2.38. The maximum absolute atomic E-state index is 12.2. The molecule has 0 radical (unpaired) electrons. The number of rotatable bonds is 5. The predicted octanol–water partition coefficient (Wildman–Crippen LogP) is 4.00. The fourth-order valence-corrected chi connectivity index (χ4v) is 4.29. The van der Waals surface area contributed by atoms with Crippen LogP contribution in [0.3, 0.4) is 0 Å². The predicted molar refractivity (Wildman–Crippen MR) is 93.8 cm³/mol. The Kier molecular flexibility index (Phi) is 4.31. The molecule has 1 aromatic carbocycles. The van der Waals surface area contributed by atoms with Crippen molar-refractivity contribution in [2.45, 2.75) is 11.1 Å². The van der Waals surface area contributed by atoms with Crippen LogP contribution in [0.25, 0.3) is 0 Å². The average Bonchev–Trinajstić information content (AvgIpc) is 2.98. The second-order valence-electron chi connectivity index (χ2n) is 4.89. The summed E-state index contributed by atoms with van der Waals surface area (Å²) in [7, 11) is -3.56. The summed E-state index contributed by atoms with van der Waals surface area (Å²) in [5.41, 5.74) is 1.34. The highest BCUT2D eigenvalue weighted by molar-refractivity contribution is 7.94. The van der Waals surface area contributed by atoms with Gasteiger partial charge in [0, 0.05) is 10.6 Å². The summed E-state index contributed by atoms with van der Waals surface area (Å²) < 4.78 is 27.3. The van der Waals surface area contributed by atoms with Gasteiger partial charge < -0.3 is 5.32 Å². The maximum atomic E-state index is 12.2. The van der Waals surface area contributed by atoms with E-state index in [-0.39, 0.29) is 0 Å². The molecule has 3 rings (SSSR count). The van der Waals surface area contributed by atoms with Crippen LogP contribution < -0.4 is 10.0 Å². The van der Waals surface area contributed by atoms with Crippen molar-refractivity contribution in [1.82, 2.24) is 4.98 Å². The molecular weight excluding hydrogens is 330 g/mol. The lowest BCUT2D eigenvalue weighted by molar-refractivity contribution is 0.603. The summed E-state index contributed by atoms with van der Waals surface area (Å²) in [6.07, 6.45) is 1.49. The molecule has 118 valence electrons. The number of benzene rings is 1. The fourth-order valence-electron chi connectivity index (χ4n) is 1.96. The number of nitrogens with one attached hydrogen (secondary N) is 2. The van der Waals surface area contributed by atoms with Gasteiger partial charge in [-0.2, -0.15) is 0 Å². The second-order valence-corrected chi connectivity index (χ2v) is 8.09. The van der Waals surface area contributed by atoms with Gasteiger partial charge in [-0.25, -0.2) is 13.4 Å². The minimum Gasteiger partial charge on any atom is -0.340 e. The molecule has 0 spiro atoms. The Balaban J connectivity index is 1.72. The molecule has 3 aromatic rings. The molecule has 0 atom stereocenters. The van der Waals surface area contributed by atoms with Crippen LogP contribution in [0.4, 0.5) is 17.2 Å². The molecule has 0 bridgehead atoms. The van der Waals surface area contributed by atoms with Gasteiger partial charge in [0.1, 0.15) is 10.0 Å². The number of aromatic nitrogens is 1. The fraction of sp³-hybridized carbons (Fsp3) is 0.0625. The third-order valence-electron chi connectivity index (χ3n) is 3.04. The average molecular weight is 345 g/mol. The van der Waals surface area contributed by atoms with Crippen LogP contribution in [-0.4, -0.2) is 13.4 Å². The standard InChI is InChI=1S/C16H15N3O2S2/c1-12-7-10-16(22-12)23(20,21)19-14-8-9-15(17-11-14)18-13-5-3-2-4-6-13/h2-11,19H,1H3,(H,17,18). The van der Waals surface area contributed by atoms with Crippen molar-refractivity contribution < 1.29 is 8.42 Å². The molecule has 5 nitrogen and oxygen atoms in total. The third-order valence-corrected chi connectivity index (χ3v) is 5.92. The molecule has 7 heteroatoms. The van der Waals surface area contributed by atoms with Gasteiger partial charge >= 0.3 is 0 Å². The molecule has 0 aliphatic rings. The molecule has 0 saturated heterocycles. The molecule has 0 unspecified atom stereocenters. The molecule has 2 aromatic heterocycles. The molecular formula is C16H15N3O2S2. The number of thiophene rings is 1. The van der Waals surface area contributed by atoms with E-state index < -0.39 is 10.0 Å². The van der Waals surface area contributed by atoms with Crippen LogP contribution in [-0.2, 0) is 10.0 Å². The van der Waals surface area contributed by atoms with Gasteiger partial charge in [-0.3, -0.25) is 4.72 Å². The van der Waals surface area contributed by atoms with E-state index in [0.717, 1.165) is 10.6 Å². The molecule has 0 aliphatic heterocycles. The first kappa shape index (κ1) is 15.5. The molecule has 0 amide bonds. The summed E-state index contributed by atoms with van der Waals surface area (Å²) in [5, 5.41) is 3.14. The Labute approximate surface area is 139 Å². The minimum atomic E-state index is -3.56. The molecule has 2 N–H and O–H groups in total. The van der Waals surface area contributed by atoms with Gasteiger partial charge in [0.15, 0.2) is 0 Å². The number of pyridine rings is 1. The van der Waals surface area contributed by atoms with E-state index >= 15 is 0 Å². The summed E-state index contributed by atoms with van der Waals surface area (Å²) in [6.45, 7) is 1.87. The van der Waals surface area contributed by atoms with Crippen LogP contribution in [0, 0.1) is 6.92 Å². The first-order valence-corrected chi connectivity index (χ1v) is 9.20. The number of nitrogens with zero attached hydrogens (tertiary/aromatic N) is 1. The van der Waals surface area contributed by atoms with E-state index in [9.17, 15) is 8.42 Å². The molecule has 23 heavy (non-hydrogen) atoms. The topological polar surface area (TPSA) is 71.1 Å². The van der Waals surface area contributed by atoms with Gasteiger partial charge in [-0.15, -0.1) is 11.3 Å². The Bertz CT molecular complexity index is 889. The highest BCUT2D eigenvalue weighted by Crippen LogP contribution is 2.23. The summed E-state index contributed by atoms with van der Waals surface area (Å²) >= 11 is 1.24. The molecule has 0 saturated carbocycles. The van der Waals surface area contributed by atoms with E-state index in [2.05, 4.69) is 15.0 Å². The van der Waals surface area contributed by atoms with Gasteiger partial charge in [-0.05, 0) is 43.3 Å². The number of anilines is 3. The summed E-state index contributed by atoms with van der Waals surface area (Å²) in [6, 6.07) is 16.4. The van der Waals surface area contributed by atoms with Crippen molar-refractivity contribution in [2.75, 3.05) is 10.0 Å².